The molecule has 0 bridgehead atoms. The fourth-order valence-electron chi connectivity index (χ4n) is 2.90. The molecule has 120 valence electrons. The van der Waals surface area contributed by atoms with Gasteiger partial charge in [0.25, 0.3) is 0 Å². The molecule has 1 aromatic rings. The summed E-state index contributed by atoms with van der Waals surface area (Å²) in [4.78, 5) is 2.47. The smallest absolute Gasteiger partial charge is 0.244 e. The molecule has 0 aliphatic carbocycles. The van der Waals surface area contributed by atoms with E-state index in [0.29, 0.717) is 23.4 Å². The molecule has 0 radical (unpaired) electrons. The topological polar surface area (TPSA) is 49.4 Å². The Morgan fingerprint density at radius 1 is 1.43 bits per heavy atom. The first kappa shape index (κ1) is 16.9. The third-order valence-corrected chi connectivity index (χ3v) is 7.21. The lowest BCUT2D eigenvalue weighted by Gasteiger charge is -2.20. The summed E-state index contributed by atoms with van der Waals surface area (Å²) in [6, 6.07) is 2.34. The number of nitrogens with one attached hydrogen (secondary N) is 1. The maximum atomic E-state index is 12.9. The maximum absolute atomic E-state index is 12.9. The molecule has 1 saturated heterocycles. The Balaban J connectivity index is 2.24. The monoisotopic (exact) mass is 330 g/mol. The molecule has 1 aliphatic rings. The van der Waals surface area contributed by atoms with Crippen molar-refractivity contribution in [2.45, 2.75) is 64.6 Å². The van der Waals surface area contributed by atoms with E-state index in [4.69, 9.17) is 0 Å². The lowest BCUT2D eigenvalue weighted by atomic mass is 10.1. The molecule has 0 saturated carbocycles. The third-order valence-electron chi connectivity index (χ3n) is 3.92. The van der Waals surface area contributed by atoms with Gasteiger partial charge in [0, 0.05) is 34.9 Å². The second-order valence-electron chi connectivity index (χ2n) is 6.43. The van der Waals surface area contributed by atoms with Crippen LogP contribution in [0.15, 0.2) is 11.0 Å². The molecule has 1 N–H and O–H groups in total. The van der Waals surface area contributed by atoms with Crippen LogP contribution in [0.5, 0.6) is 0 Å². The highest BCUT2D eigenvalue weighted by Gasteiger charge is 2.37. The Morgan fingerprint density at radius 3 is 2.62 bits per heavy atom. The van der Waals surface area contributed by atoms with E-state index in [2.05, 4.69) is 26.1 Å². The number of hydrogen-bond donors (Lipinski definition) is 1. The van der Waals surface area contributed by atoms with Gasteiger partial charge in [-0.2, -0.15) is 4.31 Å². The molecular formula is C15H26N2O2S2. The molecule has 1 aromatic heterocycles. The van der Waals surface area contributed by atoms with Crippen molar-refractivity contribution in [2.75, 3.05) is 6.54 Å². The Morgan fingerprint density at radius 2 is 2.10 bits per heavy atom. The summed E-state index contributed by atoms with van der Waals surface area (Å²) in [6.45, 7) is 11.6. The van der Waals surface area contributed by atoms with Crippen molar-refractivity contribution < 1.29 is 8.42 Å². The largest absolute Gasteiger partial charge is 0.310 e. The van der Waals surface area contributed by atoms with E-state index in [1.165, 1.54) is 0 Å². The molecule has 6 heteroatoms. The first-order chi connectivity index (χ1) is 9.71. The molecule has 2 heterocycles. The van der Waals surface area contributed by atoms with Gasteiger partial charge in [0.1, 0.15) is 0 Å². The van der Waals surface area contributed by atoms with Gasteiger partial charge >= 0.3 is 0 Å². The van der Waals surface area contributed by atoms with Crippen LogP contribution in [0.1, 0.15) is 43.9 Å². The minimum absolute atomic E-state index is 0.0986. The van der Waals surface area contributed by atoms with E-state index in [9.17, 15) is 8.42 Å². The summed E-state index contributed by atoms with van der Waals surface area (Å²) in [5, 5.41) is 3.34. The first-order valence-electron chi connectivity index (χ1n) is 7.56. The molecule has 21 heavy (non-hydrogen) atoms. The van der Waals surface area contributed by atoms with Crippen LogP contribution in [-0.4, -0.2) is 31.4 Å². The van der Waals surface area contributed by atoms with Crippen LogP contribution in [0, 0.1) is 12.8 Å². The summed E-state index contributed by atoms with van der Waals surface area (Å²) >= 11 is 1.58. The Hall–Kier alpha value is -0.430. The van der Waals surface area contributed by atoms with Crippen LogP contribution < -0.4 is 5.32 Å². The van der Waals surface area contributed by atoms with Crippen molar-refractivity contribution in [3.8, 4) is 0 Å². The molecule has 4 nitrogen and oxygen atoms in total. The SMILES string of the molecule is Cc1sc(CNC(C)C)cc1S(=O)(=O)N1CC(C)CC1C. The van der Waals surface area contributed by atoms with Crippen LogP contribution in [0.4, 0.5) is 0 Å². The lowest BCUT2D eigenvalue weighted by molar-refractivity contribution is 0.405. The summed E-state index contributed by atoms with van der Waals surface area (Å²) in [6.07, 6.45) is 0.949. The van der Waals surface area contributed by atoms with Crippen LogP contribution in [-0.2, 0) is 16.6 Å². The molecule has 2 unspecified atom stereocenters. The van der Waals surface area contributed by atoms with Crippen molar-refractivity contribution in [1.29, 1.82) is 0 Å². The van der Waals surface area contributed by atoms with Gasteiger partial charge in [-0.1, -0.05) is 20.8 Å². The van der Waals surface area contributed by atoms with E-state index < -0.39 is 10.0 Å². The summed E-state index contributed by atoms with van der Waals surface area (Å²) in [7, 11) is -3.35. The van der Waals surface area contributed by atoms with Gasteiger partial charge in [0.05, 0.1) is 4.90 Å². The second kappa shape index (κ2) is 6.36. The Labute approximate surface area is 132 Å². The minimum atomic E-state index is -3.35. The zero-order chi connectivity index (χ0) is 15.8. The predicted molar refractivity (Wildman–Crippen MR) is 88.2 cm³/mol. The number of hydrogen-bond acceptors (Lipinski definition) is 4. The fourth-order valence-corrected chi connectivity index (χ4v) is 6.21. The molecule has 1 fully saturated rings. The quantitative estimate of drug-likeness (QED) is 0.903. The molecule has 0 spiro atoms. The van der Waals surface area contributed by atoms with Crippen LogP contribution in [0.25, 0.3) is 0 Å². The summed E-state index contributed by atoms with van der Waals surface area (Å²) in [5.41, 5.74) is 0. The van der Waals surface area contributed by atoms with Gasteiger partial charge in [-0.3, -0.25) is 0 Å². The first-order valence-corrected chi connectivity index (χ1v) is 9.82. The average molecular weight is 331 g/mol. The van der Waals surface area contributed by atoms with E-state index in [1.54, 1.807) is 15.6 Å². The second-order valence-corrected chi connectivity index (χ2v) is 9.63. The highest BCUT2D eigenvalue weighted by Crippen LogP contribution is 2.33. The third kappa shape index (κ3) is 3.67. The predicted octanol–water partition coefficient (Wildman–Crippen LogP) is 2.97. The molecule has 0 amide bonds. The number of rotatable bonds is 5. The molecule has 2 rings (SSSR count). The van der Waals surface area contributed by atoms with Crippen molar-refractivity contribution in [3.05, 3.63) is 15.8 Å². The number of aryl methyl sites for hydroxylation is 1. The zero-order valence-corrected chi connectivity index (χ0v) is 15.1. The van der Waals surface area contributed by atoms with Gasteiger partial charge in [0.15, 0.2) is 0 Å². The van der Waals surface area contributed by atoms with Crippen molar-refractivity contribution >= 4 is 21.4 Å². The van der Waals surface area contributed by atoms with E-state index in [-0.39, 0.29) is 6.04 Å². The standard InChI is InChI=1S/C15H26N2O2S2/c1-10(2)16-8-14-7-15(13(5)20-14)21(18,19)17-9-11(3)6-12(17)4/h7,10-12,16H,6,8-9H2,1-5H3. The summed E-state index contributed by atoms with van der Waals surface area (Å²) < 4.78 is 27.4. The van der Waals surface area contributed by atoms with Gasteiger partial charge in [-0.25, -0.2) is 8.42 Å². The normalized spacial score (nSPS) is 24.1. The lowest BCUT2D eigenvalue weighted by Crippen LogP contribution is -2.34. The van der Waals surface area contributed by atoms with Crippen LogP contribution >= 0.6 is 11.3 Å². The van der Waals surface area contributed by atoms with E-state index in [0.717, 1.165) is 22.7 Å². The molecular weight excluding hydrogens is 304 g/mol. The average Bonchev–Trinajstić information content (AvgIpc) is 2.90. The number of thiophene rings is 1. The Bertz CT molecular complexity index is 593. The Kier molecular flexibility index (Phi) is 5.13. The van der Waals surface area contributed by atoms with Crippen molar-refractivity contribution in [2.24, 2.45) is 5.92 Å². The van der Waals surface area contributed by atoms with Crippen molar-refractivity contribution in [3.63, 3.8) is 0 Å². The minimum Gasteiger partial charge on any atom is -0.310 e. The van der Waals surface area contributed by atoms with E-state index >= 15 is 0 Å². The highest BCUT2D eigenvalue weighted by molar-refractivity contribution is 7.89. The maximum Gasteiger partial charge on any atom is 0.244 e. The number of sulfonamides is 1. The molecule has 2 atom stereocenters. The zero-order valence-electron chi connectivity index (χ0n) is 13.5. The molecule has 1 aliphatic heterocycles. The van der Waals surface area contributed by atoms with Gasteiger partial charge in [-0.15, -0.1) is 11.3 Å². The summed E-state index contributed by atoms with van der Waals surface area (Å²) in [5.74, 6) is 0.441. The van der Waals surface area contributed by atoms with Crippen LogP contribution in [0.2, 0.25) is 0 Å². The highest BCUT2D eigenvalue weighted by atomic mass is 32.2. The van der Waals surface area contributed by atoms with E-state index in [1.807, 2.05) is 19.9 Å². The van der Waals surface area contributed by atoms with Gasteiger partial charge in [-0.05, 0) is 32.3 Å². The van der Waals surface area contributed by atoms with Crippen molar-refractivity contribution in [1.82, 2.24) is 9.62 Å². The fraction of sp³-hybridized carbons (Fsp3) is 0.733. The molecule has 0 aromatic carbocycles. The van der Waals surface area contributed by atoms with Gasteiger partial charge < -0.3 is 5.32 Å². The van der Waals surface area contributed by atoms with Crippen LogP contribution in [0.3, 0.4) is 0 Å². The van der Waals surface area contributed by atoms with Gasteiger partial charge in [0.2, 0.25) is 10.0 Å². The number of nitrogens with zero attached hydrogens (tertiary/aromatic N) is 1.